The molecule has 2 aliphatic carbocycles. The molecule has 0 saturated heterocycles. The van der Waals surface area contributed by atoms with Crippen molar-refractivity contribution < 1.29 is 0 Å². The van der Waals surface area contributed by atoms with Crippen LogP contribution in [0.5, 0.6) is 0 Å². The van der Waals surface area contributed by atoms with Gasteiger partial charge in [0.05, 0.1) is 0 Å². The number of rotatable bonds is 2. The van der Waals surface area contributed by atoms with Crippen LogP contribution in [0.15, 0.2) is 41.5 Å². The summed E-state index contributed by atoms with van der Waals surface area (Å²) >= 11 is 1.94. The molecule has 1 unspecified atom stereocenters. The number of aryl methyl sites for hydroxylation is 2. The third-order valence-electron chi connectivity index (χ3n) is 6.60. The maximum absolute atomic E-state index is 2.47. The molecule has 1 atom stereocenters. The van der Waals surface area contributed by atoms with Crippen LogP contribution < -0.4 is 0 Å². The van der Waals surface area contributed by atoms with Gasteiger partial charge in [-0.05, 0) is 97.0 Å². The normalized spacial score (nSPS) is 16.7. The summed E-state index contributed by atoms with van der Waals surface area (Å²) < 4.78 is 1.44. The average molecular weight is 371 g/mol. The Morgan fingerprint density at radius 3 is 2.59 bits per heavy atom. The molecule has 0 N–H and O–H groups in total. The zero-order chi connectivity index (χ0) is 18.9. The first-order valence-electron chi connectivity index (χ1n) is 9.95. The highest BCUT2D eigenvalue weighted by Crippen LogP contribution is 2.46. The van der Waals surface area contributed by atoms with E-state index in [1.165, 1.54) is 53.9 Å². The molecule has 5 rings (SSSR count). The molecule has 0 bridgehead atoms. The van der Waals surface area contributed by atoms with Gasteiger partial charge in [0, 0.05) is 15.5 Å². The zero-order valence-corrected chi connectivity index (χ0v) is 17.7. The molecule has 1 heterocycles. The van der Waals surface area contributed by atoms with E-state index in [1.807, 2.05) is 11.3 Å². The van der Waals surface area contributed by atoms with Crippen molar-refractivity contribution in [2.24, 2.45) is 0 Å². The molecule has 1 aromatic heterocycles. The van der Waals surface area contributed by atoms with E-state index in [1.54, 1.807) is 11.1 Å². The second kappa shape index (κ2) is 5.94. The summed E-state index contributed by atoms with van der Waals surface area (Å²) in [7, 11) is 0. The molecular formula is C26H26S. The first-order valence-corrected chi connectivity index (χ1v) is 10.8. The standard InChI is InChI=1S/C26H26S/c1-14-9-19-7-6-8-21(23(19)10-14)17(4)26-15(2)11-20-12-22-16(3)18(5)27-25(22)13-24(20)26/h6-8,10,12-13,17H,9,11H2,1-5H3. The van der Waals surface area contributed by atoms with Crippen molar-refractivity contribution in [1.29, 1.82) is 0 Å². The molecule has 0 fully saturated rings. The van der Waals surface area contributed by atoms with E-state index in [-0.39, 0.29) is 0 Å². The van der Waals surface area contributed by atoms with Gasteiger partial charge in [0.1, 0.15) is 0 Å². The summed E-state index contributed by atoms with van der Waals surface area (Å²) in [6.45, 7) is 11.5. The highest BCUT2D eigenvalue weighted by Gasteiger charge is 2.27. The summed E-state index contributed by atoms with van der Waals surface area (Å²) in [5.74, 6) is 0.433. The van der Waals surface area contributed by atoms with Gasteiger partial charge in [-0.1, -0.05) is 42.3 Å². The molecule has 1 heteroatoms. The van der Waals surface area contributed by atoms with E-state index >= 15 is 0 Å². The molecule has 0 saturated carbocycles. The van der Waals surface area contributed by atoms with E-state index in [2.05, 4.69) is 71.0 Å². The fourth-order valence-corrected chi connectivity index (χ4v) is 6.23. The minimum Gasteiger partial charge on any atom is -0.140 e. The third kappa shape index (κ3) is 2.48. The molecule has 2 aliphatic rings. The lowest BCUT2D eigenvalue weighted by Crippen LogP contribution is -2.01. The van der Waals surface area contributed by atoms with Gasteiger partial charge in [-0.3, -0.25) is 0 Å². The van der Waals surface area contributed by atoms with Gasteiger partial charge in [0.15, 0.2) is 0 Å². The third-order valence-corrected chi connectivity index (χ3v) is 7.77. The van der Waals surface area contributed by atoms with Crippen molar-refractivity contribution >= 4 is 33.1 Å². The number of fused-ring (bicyclic) bond motifs is 3. The van der Waals surface area contributed by atoms with Gasteiger partial charge in [0.25, 0.3) is 0 Å². The van der Waals surface area contributed by atoms with Crippen molar-refractivity contribution in [1.82, 2.24) is 0 Å². The Morgan fingerprint density at radius 2 is 1.78 bits per heavy atom. The summed E-state index contributed by atoms with van der Waals surface area (Å²) in [4.78, 5) is 1.45. The predicted molar refractivity (Wildman–Crippen MR) is 120 cm³/mol. The summed E-state index contributed by atoms with van der Waals surface area (Å²) in [6.07, 6.45) is 4.62. The van der Waals surface area contributed by atoms with Crippen molar-refractivity contribution in [2.45, 2.75) is 53.4 Å². The molecule has 27 heavy (non-hydrogen) atoms. The smallest absolute Gasteiger partial charge is 0.0354 e. The van der Waals surface area contributed by atoms with Gasteiger partial charge in [-0.15, -0.1) is 11.3 Å². The summed E-state index contributed by atoms with van der Waals surface area (Å²) in [6, 6.07) is 11.8. The quantitative estimate of drug-likeness (QED) is 0.435. The van der Waals surface area contributed by atoms with Crippen molar-refractivity contribution in [3.63, 3.8) is 0 Å². The molecule has 0 nitrogen and oxygen atoms in total. The highest BCUT2D eigenvalue weighted by molar-refractivity contribution is 7.19. The van der Waals surface area contributed by atoms with Crippen LogP contribution in [0.2, 0.25) is 0 Å². The van der Waals surface area contributed by atoms with Crippen LogP contribution in [0, 0.1) is 13.8 Å². The first-order chi connectivity index (χ1) is 12.9. The molecule has 0 aliphatic heterocycles. The Hall–Kier alpha value is -2.12. The van der Waals surface area contributed by atoms with E-state index in [9.17, 15) is 0 Å². The number of allylic oxidation sites excluding steroid dienone is 3. The van der Waals surface area contributed by atoms with Crippen molar-refractivity contribution in [3.05, 3.63) is 79.7 Å². The second-order valence-corrected chi connectivity index (χ2v) is 9.73. The molecule has 0 amide bonds. The van der Waals surface area contributed by atoms with Gasteiger partial charge in [0.2, 0.25) is 0 Å². The molecule has 0 radical (unpaired) electrons. The fourth-order valence-electron chi connectivity index (χ4n) is 5.14. The maximum atomic E-state index is 2.47. The van der Waals surface area contributed by atoms with E-state index in [0.717, 1.165) is 12.8 Å². The number of benzene rings is 2. The predicted octanol–water partition coefficient (Wildman–Crippen LogP) is 7.61. The second-order valence-electron chi connectivity index (χ2n) is 8.47. The van der Waals surface area contributed by atoms with Crippen LogP contribution in [0.4, 0.5) is 0 Å². The Balaban J connectivity index is 1.66. The molecular weight excluding hydrogens is 344 g/mol. The number of thiophene rings is 1. The Morgan fingerprint density at radius 1 is 0.963 bits per heavy atom. The van der Waals surface area contributed by atoms with Gasteiger partial charge < -0.3 is 0 Å². The van der Waals surface area contributed by atoms with Crippen LogP contribution in [0.25, 0.3) is 21.7 Å². The monoisotopic (exact) mass is 370 g/mol. The molecule has 3 aromatic rings. The van der Waals surface area contributed by atoms with Crippen LogP contribution in [0.3, 0.4) is 0 Å². The van der Waals surface area contributed by atoms with Crippen LogP contribution >= 0.6 is 11.3 Å². The van der Waals surface area contributed by atoms with E-state index < -0.39 is 0 Å². The zero-order valence-electron chi connectivity index (χ0n) is 16.9. The van der Waals surface area contributed by atoms with Crippen LogP contribution in [0.1, 0.15) is 64.9 Å². The SMILES string of the molecule is CC1=Cc2c(cccc2C(C)C2=C(C)Cc3cc4c(C)c(C)sc4cc32)C1. The highest BCUT2D eigenvalue weighted by atomic mass is 32.1. The Bertz CT molecular complexity index is 1170. The Labute approximate surface area is 166 Å². The number of hydrogen-bond donors (Lipinski definition) is 0. The lowest BCUT2D eigenvalue weighted by Gasteiger charge is -2.20. The number of hydrogen-bond acceptors (Lipinski definition) is 1. The largest absolute Gasteiger partial charge is 0.140 e. The van der Waals surface area contributed by atoms with Gasteiger partial charge >= 0.3 is 0 Å². The minimum atomic E-state index is 0.433. The lowest BCUT2D eigenvalue weighted by atomic mass is 9.84. The van der Waals surface area contributed by atoms with Crippen LogP contribution in [-0.2, 0) is 12.8 Å². The minimum absolute atomic E-state index is 0.433. The summed E-state index contributed by atoms with van der Waals surface area (Å²) in [5.41, 5.74) is 13.5. The molecule has 136 valence electrons. The topological polar surface area (TPSA) is 0 Å². The van der Waals surface area contributed by atoms with Crippen LogP contribution in [-0.4, -0.2) is 0 Å². The lowest BCUT2D eigenvalue weighted by molar-refractivity contribution is 0.974. The van der Waals surface area contributed by atoms with Gasteiger partial charge in [-0.2, -0.15) is 0 Å². The summed E-state index contributed by atoms with van der Waals surface area (Å²) in [5, 5.41) is 1.46. The van der Waals surface area contributed by atoms with Crippen molar-refractivity contribution in [3.8, 4) is 0 Å². The van der Waals surface area contributed by atoms with Gasteiger partial charge in [-0.25, -0.2) is 0 Å². The van der Waals surface area contributed by atoms with E-state index in [4.69, 9.17) is 0 Å². The molecule has 2 aromatic carbocycles. The first kappa shape index (κ1) is 17.0. The maximum Gasteiger partial charge on any atom is 0.0354 e. The Kier molecular flexibility index (Phi) is 3.74. The fraction of sp³-hybridized carbons (Fsp3) is 0.308. The van der Waals surface area contributed by atoms with E-state index in [0.29, 0.717) is 5.92 Å². The van der Waals surface area contributed by atoms with Crippen molar-refractivity contribution in [2.75, 3.05) is 0 Å². The molecule has 0 spiro atoms. The average Bonchev–Trinajstić information content (AvgIpc) is 3.25.